The van der Waals surface area contributed by atoms with Gasteiger partial charge in [-0.1, -0.05) is 13.8 Å². The molecule has 1 amide bonds. The van der Waals surface area contributed by atoms with Crippen LogP contribution in [0.1, 0.15) is 40.0 Å². The second kappa shape index (κ2) is 7.01. The lowest BCUT2D eigenvalue weighted by Crippen LogP contribution is -2.51. The van der Waals surface area contributed by atoms with Crippen molar-refractivity contribution in [2.75, 3.05) is 13.1 Å². The van der Waals surface area contributed by atoms with Crippen LogP contribution in [-0.2, 0) is 9.59 Å². The molecule has 3 N–H and O–H groups in total. The van der Waals surface area contributed by atoms with Crippen molar-refractivity contribution in [1.82, 2.24) is 4.90 Å². The first-order valence-electron chi connectivity index (χ1n) is 7.08. The third-order valence-electron chi connectivity index (χ3n) is 3.68. The van der Waals surface area contributed by atoms with Crippen LogP contribution in [0.3, 0.4) is 0 Å². The van der Waals surface area contributed by atoms with E-state index in [9.17, 15) is 14.7 Å². The minimum Gasteiger partial charge on any atom is -0.391 e. The molecule has 0 radical (unpaired) electrons. The molecule has 0 bridgehead atoms. The smallest absolute Gasteiger partial charge is 0.242 e. The molecule has 0 aromatic carbocycles. The van der Waals surface area contributed by atoms with Crippen molar-refractivity contribution < 1.29 is 14.7 Å². The lowest BCUT2D eigenvalue weighted by Gasteiger charge is -2.33. The van der Waals surface area contributed by atoms with Gasteiger partial charge in [0.15, 0.2) is 0 Å². The van der Waals surface area contributed by atoms with E-state index in [-0.39, 0.29) is 11.8 Å². The van der Waals surface area contributed by atoms with Crippen molar-refractivity contribution in [2.45, 2.75) is 52.2 Å². The Bertz CT molecular complexity index is 321. The number of nitrogens with two attached hydrogens (primary N) is 1. The maximum absolute atomic E-state index is 12.0. The summed E-state index contributed by atoms with van der Waals surface area (Å²) < 4.78 is 0. The molecule has 1 rings (SSSR count). The van der Waals surface area contributed by atoms with E-state index in [0.717, 1.165) is 0 Å². The minimum absolute atomic E-state index is 0.0780. The van der Waals surface area contributed by atoms with Crippen molar-refractivity contribution in [3.8, 4) is 0 Å². The molecule has 0 spiro atoms. The minimum atomic E-state index is -0.858. The Labute approximate surface area is 115 Å². The summed E-state index contributed by atoms with van der Waals surface area (Å²) in [6, 6.07) is -0.858. The van der Waals surface area contributed by atoms with Crippen LogP contribution in [0.25, 0.3) is 0 Å². The number of aliphatic hydroxyl groups is 1. The maximum Gasteiger partial charge on any atom is 0.242 e. The Balaban J connectivity index is 2.45. The second-order valence-corrected chi connectivity index (χ2v) is 5.93. The van der Waals surface area contributed by atoms with E-state index in [4.69, 9.17) is 5.73 Å². The molecule has 110 valence electrons. The number of rotatable bonds is 5. The summed E-state index contributed by atoms with van der Waals surface area (Å²) in [5.74, 6) is 0.553. The maximum atomic E-state index is 12.0. The number of carbonyl (C=O) groups is 2. The van der Waals surface area contributed by atoms with Gasteiger partial charge in [0, 0.05) is 25.4 Å². The van der Waals surface area contributed by atoms with Crippen LogP contribution in [0.2, 0.25) is 0 Å². The number of Topliss-reactive ketones (excluding diaryl/α,β-unsaturated/α-hetero) is 1. The molecular weight excluding hydrogens is 244 g/mol. The number of likely N-dealkylation sites (tertiary alicyclic amines) is 1. The topological polar surface area (TPSA) is 83.6 Å². The van der Waals surface area contributed by atoms with Crippen LogP contribution >= 0.6 is 0 Å². The van der Waals surface area contributed by atoms with Gasteiger partial charge in [0.2, 0.25) is 5.91 Å². The van der Waals surface area contributed by atoms with Crippen LogP contribution in [0, 0.1) is 11.8 Å². The van der Waals surface area contributed by atoms with Gasteiger partial charge in [0.25, 0.3) is 0 Å². The molecule has 2 atom stereocenters. The fourth-order valence-corrected chi connectivity index (χ4v) is 2.41. The number of carbonyl (C=O) groups excluding carboxylic acids is 2. The van der Waals surface area contributed by atoms with Gasteiger partial charge in [0.1, 0.15) is 11.8 Å². The monoisotopic (exact) mass is 270 g/mol. The molecule has 5 heteroatoms. The van der Waals surface area contributed by atoms with Gasteiger partial charge in [-0.2, -0.15) is 0 Å². The zero-order chi connectivity index (χ0) is 14.6. The highest BCUT2D eigenvalue weighted by atomic mass is 16.3. The molecule has 0 saturated carbocycles. The fraction of sp³-hybridized carbons (Fsp3) is 0.857. The standard InChI is InChI=1S/C14H26N2O3/c1-9(2)8-12(18)11-4-6-16(7-5-11)14(19)13(15)10(3)17/h9-11,13,17H,4-8,15H2,1-3H3. The lowest BCUT2D eigenvalue weighted by molar-refractivity contribution is -0.138. The van der Waals surface area contributed by atoms with Gasteiger partial charge in [0.05, 0.1) is 6.10 Å². The molecule has 0 aromatic rings. The van der Waals surface area contributed by atoms with E-state index in [0.29, 0.717) is 44.1 Å². The average molecular weight is 270 g/mol. The molecule has 0 aliphatic carbocycles. The Morgan fingerprint density at radius 3 is 2.21 bits per heavy atom. The van der Waals surface area contributed by atoms with Gasteiger partial charge >= 0.3 is 0 Å². The van der Waals surface area contributed by atoms with Crippen molar-refractivity contribution in [2.24, 2.45) is 17.6 Å². The summed E-state index contributed by atoms with van der Waals surface area (Å²) in [5, 5.41) is 9.33. The summed E-state index contributed by atoms with van der Waals surface area (Å²) in [5.41, 5.74) is 5.64. The summed E-state index contributed by atoms with van der Waals surface area (Å²) in [4.78, 5) is 25.6. The highest BCUT2D eigenvalue weighted by molar-refractivity contribution is 5.84. The Hall–Kier alpha value is -0.940. The molecule has 1 aliphatic heterocycles. The number of hydrogen-bond acceptors (Lipinski definition) is 4. The van der Waals surface area contributed by atoms with Gasteiger partial charge in [-0.25, -0.2) is 0 Å². The quantitative estimate of drug-likeness (QED) is 0.764. The Morgan fingerprint density at radius 1 is 1.26 bits per heavy atom. The number of aliphatic hydroxyl groups excluding tert-OH is 1. The van der Waals surface area contributed by atoms with Gasteiger partial charge in [-0.05, 0) is 25.7 Å². The van der Waals surface area contributed by atoms with Crippen LogP contribution in [-0.4, -0.2) is 46.9 Å². The highest BCUT2D eigenvalue weighted by Gasteiger charge is 2.30. The molecule has 19 heavy (non-hydrogen) atoms. The molecule has 1 heterocycles. The van der Waals surface area contributed by atoms with E-state index >= 15 is 0 Å². The van der Waals surface area contributed by atoms with Crippen LogP contribution in [0.4, 0.5) is 0 Å². The largest absolute Gasteiger partial charge is 0.391 e. The number of nitrogens with zero attached hydrogens (tertiary/aromatic N) is 1. The first-order chi connectivity index (χ1) is 8.82. The molecule has 1 fully saturated rings. The summed E-state index contributed by atoms with van der Waals surface area (Å²) in [7, 11) is 0. The van der Waals surface area contributed by atoms with Gasteiger partial charge in [-0.3, -0.25) is 9.59 Å². The van der Waals surface area contributed by atoms with Crippen molar-refractivity contribution in [3.05, 3.63) is 0 Å². The zero-order valence-corrected chi connectivity index (χ0v) is 12.1. The van der Waals surface area contributed by atoms with Gasteiger partial charge < -0.3 is 15.7 Å². The van der Waals surface area contributed by atoms with Crippen LogP contribution in [0.5, 0.6) is 0 Å². The van der Waals surface area contributed by atoms with E-state index in [1.807, 2.05) is 13.8 Å². The van der Waals surface area contributed by atoms with Crippen molar-refractivity contribution in [1.29, 1.82) is 0 Å². The third-order valence-corrected chi connectivity index (χ3v) is 3.68. The molecule has 2 unspecified atom stereocenters. The lowest BCUT2D eigenvalue weighted by atomic mass is 9.88. The SMILES string of the molecule is CC(C)CC(=O)C1CCN(C(=O)C(N)C(C)O)CC1. The summed E-state index contributed by atoms with van der Waals surface area (Å²) in [6.07, 6.45) is 1.20. The summed E-state index contributed by atoms with van der Waals surface area (Å²) in [6.45, 7) is 6.72. The first kappa shape index (κ1) is 16.1. The summed E-state index contributed by atoms with van der Waals surface area (Å²) >= 11 is 0. The van der Waals surface area contributed by atoms with E-state index in [1.54, 1.807) is 4.90 Å². The zero-order valence-electron chi connectivity index (χ0n) is 12.1. The predicted molar refractivity (Wildman–Crippen MR) is 73.4 cm³/mol. The van der Waals surface area contributed by atoms with Crippen molar-refractivity contribution >= 4 is 11.7 Å². The Kier molecular flexibility index (Phi) is 5.94. The first-order valence-corrected chi connectivity index (χ1v) is 7.08. The van der Waals surface area contributed by atoms with Crippen LogP contribution in [0.15, 0.2) is 0 Å². The number of ketones is 1. The molecule has 1 saturated heterocycles. The number of piperidine rings is 1. The highest BCUT2D eigenvalue weighted by Crippen LogP contribution is 2.21. The fourth-order valence-electron chi connectivity index (χ4n) is 2.41. The van der Waals surface area contributed by atoms with Crippen molar-refractivity contribution in [3.63, 3.8) is 0 Å². The van der Waals surface area contributed by atoms with E-state index in [2.05, 4.69) is 0 Å². The normalized spacial score (nSPS) is 20.4. The van der Waals surface area contributed by atoms with Crippen LogP contribution < -0.4 is 5.73 Å². The molecular formula is C14H26N2O3. The Morgan fingerprint density at radius 2 is 1.79 bits per heavy atom. The molecule has 1 aliphatic rings. The van der Waals surface area contributed by atoms with Gasteiger partial charge in [-0.15, -0.1) is 0 Å². The van der Waals surface area contributed by atoms with E-state index < -0.39 is 12.1 Å². The number of amides is 1. The second-order valence-electron chi connectivity index (χ2n) is 5.93. The van der Waals surface area contributed by atoms with E-state index in [1.165, 1.54) is 6.92 Å². The molecule has 5 nitrogen and oxygen atoms in total. The molecule has 0 aromatic heterocycles. The average Bonchev–Trinajstić information content (AvgIpc) is 2.36. The third kappa shape index (κ3) is 4.58. The predicted octanol–water partition coefficient (Wildman–Crippen LogP) is 0.548. The number of hydrogen-bond donors (Lipinski definition) is 2.